The number of pyridine rings is 1. The van der Waals surface area contributed by atoms with Crippen LogP contribution in [0.15, 0.2) is 12.3 Å². The van der Waals surface area contributed by atoms with Crippen LogP contribution in [0.2, 0.25) is 10.0 Å². The van der Waals surface area contributed by atoms with E-state index in [0.29, 0.717) is 27.4 Å². The first-order chi connectivity index (χ1) is 7.66. The number of hydrogen-bond acceptors (Lipinski definition) is 2. The Morgan fingerprint density at radius 1 is 1.38 bits per heavy atom. The molecule has 1 aliphatic rings. The number of aromatic nitrogens is 2. The molecule has 0 aromatic carbocycles. The van der Waals surface area contributed by atoms with E-state index in [-0.39, 0.29) is 0 Å². The number of nitrogen functional groups attached to an aromatic ring is 1. The first kappa shape index (κ1) is 10.2. The summed E-state index contributed by atoms with van der Waals surface area (Å²) in [6, 6.07) is 1.69. The van der Waals surface area contributed by atoms with Gasteiger partial charge in [0.25, 0.3) is 0 Å². The van der Waals surface area contributed by atoms with Crippen molar-refractivity contribution >= 4 is 34.7 Å². The van der Waals surface area contributed by atoms with Gasteiger partial charge in [0.15, 0.2) is 5.65 Å². The molecule has 2 aromatic heterocycles. The van der Waals surface area contributed by atoms with Crippen molar-refractivity contribution in [1.82, 2.24) is 9.38 Å². The molecule has 0 bridgehead atoms. The fourth-order valence-corrected chi connectivity index (χ4v) is 2.60. The molecular formula is C11H11Cl2N3. The van der Waals surface area contributed by atoms with Crippen LogP contribution in [0.5, 0.6) is 0 Å². The predicted molar refractivity (Wildman–Crippen MR) is 66.2 cm³/mol. The summed E-state index contributed by atoms with van der Waals surface area (Å²) in [6.45, 7) is 0. The Morgan fingerprint density at radius 2 is 2.12 bits per heavy atom. The number of anilines is 1. The average molecular weight is 256 g/mol. The van der Waals surface area contributed by atoms with Crippen LogP contribution in [-0.2, 0) is 0 Å². The van der Waals surface area contributed by atoms with E-state index in [4.69, 9.17) is 28.9 Å². The van der Waals surface area contributed by atoms with E-state index in [0.717, 1.165) is 5.69 Å². The lowest BCUT2D eigenvalue weighted by molar-refractivity contribution is 0.414. The summed E-state index contributed by atoms with van der Waals surface area (Å²) < 4.78 is 1.78. The van der Waals surface area contributed by atoms with Crippen molar-refractivity contribution < 1.29 is 0 Å². The fourth-order valence-electron chi connectivity index (χ4n) is 2.09. The molecule has 16 heavy (non-hydrogen) atoms. The summed E-state index contributed by atoms with van der Waals surface area (Å²) in [5.41, 5.74) is 7.74. The lowest BCUT2D eigenvalue weighted by Gasteiger charge is -2.23. The Bertz CT molecular complexity index is 558. The highest BCUT2D eigenvalue weighted by molar-refractivity contribution is 6.36. The number of rotatable bonds is 1. The van der Waals surface area contributed by atoms with Crippen LogP contribution in [0.4, 0.5) is 5.82 Å². The molecule has 0 aliphatic heterocycles. The second-order valence-corrected chi connectivity index (χ2v) is 5.05. The van der Waals surface area contributed by atoms with Gasteiger partial charge in [-0.25, -0.2) is 4.98 Å². The molecule has 1 saturated carbocycles. The first-order valence-corrected chi connectivity index (χ1v) is 6.05. The van der Waals surface area contributed by atoms with Gasteiger partial charge in [-0.3, -0.25) is 4.40 Å². The molecule has 3 rings (SSSR count). The van der Waals surface area contributed by atoms with Crippen LogP contribution in [0, 0.1) is 0 Å². The zero-order valence-electron chi connectivity index (χ0n) is 8.58. The number of nitrogens with zero attached hydrogens (tertiary/aromatic N) is 2. The van der Waals surface area contributed by atoms with E-state index in [1.54, 1.807) is 16.7 Å². The molecule has 0 radical (unpaired) electrons. The van der Waals surface area contributed by atoms with Crippen molar-refractivity contribution in [2.24, 2.45) is 0 Å². The number of halogens is 2. The Hall–Kier alpha value is -0.930. The van der Waals surface area contributed by atoms with E-state index in [2.05, 4.69) is 4.98 Å². The molecule has 3 nitrogen and oxygen atoms in total. The van der Waals surface area contributed by atoms with E-state index < -0.39 is 0 Å². The van der Waals surface area contributed by atoms with Crippen molar-refractivity contribution in [3.63, 3.8) is 0 Å². The molecule has 2 heterocycles. The zero-order valence-corrected chi connectivity index (χ0v) is 10.1. The maximum absolute atomic E-state index is 6.09. The Labute approximate surface area is 103 Å². The van der Waals surface area contributed by atoms with Crippen LogP contribution in [0.25, 0.3) is 5.65 Å². The summed E-state index contributed by atoms with van der Waals surface area (Å²) in [7, 11) is 0. The van der Waals surface area contributed by atoms with Gasteiger partial charge in [-0.05, 0) is 18.9 Å². The highest BCUT2D eigenvalue weighted by Gasteiger charge is 2.26. The summed E-state index contributed by atoms with van der Waals surface area (Å²) in [5.74, 6) is 1.17. The van der Waals surface area contributed by atoms with Gasteiger partial charge in [-0.15, -0.1) is 0 Å². The molecule has 0 amide bonds. The van der Waals surface area contributed by atoms with Crippen LogP contribution in [0.1, 0.15) is 30.9 Å². The third-order valence-electron chi connectivity index (χ3n) is 3.20. The molecule has 0 atom stereocenters. The van der Waals surface area contributed by atoms with Crippen molar-refractivity contribution in [2.45, 2.75) is 25.2 Å². The van der Waals surface area contributed by atoms with Gasteiger partial charge in [-0.2, -0.15) is 0 Å². The summed E-state index contributed by atoms with van der Waals surface area (Å²) in [5, 5.41) is 1.12. The molecule has 0 unspecified atom stereocenters. The molecule has 84 valence electrons. The zero-order chi connectivity index (χ0) is 11.3. The van der Waals surface area contributed by atoms with E-state index in [9.17, 15) is 0 Å². The lowest BCUT2D eigenvalue weighted by atomic mass is 9.83. The number of nitrogens with two attached hydrogens (primary N) is 1. The topological polar surface area (TPSA) is 43.3 Å². The highest BCUT2D eigenvalue weighted by Crippen LogP contribution is 2.39. The van der Waals surface area contributed by atoms with E-state index in [1.165, 1.54) is 19.3 Å². The predicted octanol–water partition coefficient (Wildman–Crippen LogP) is 3.49. The normalized spacial score (nSPS) is 16.6. The summed E-state index contributed by atoms with van der Waals surface area (Å²) >= 11 is 12.0. The minimum absolute atomic E-state index is 0.495. The Morgan fingerprint density at radius 3 is 2.75 bits per heavy atom. The van der Waals surface area contributed by atoms with Gasteiger partial charge in [-0.1, -0.05) is 29.6 Å². The maximum Gasteiger partial charge on any atom is 0.157 e. The van der Waals surface area contributed by atoms with Crippen LogP contribution < -0.4 is 5.73 Å². The minimum atomic E-state index is 0.495. The van der Waals surface area contributed by atoms with Gasteiger partial charge in [0.1, 0.15) is 5.82 Å². The second kappa shape index (κ2) is 3.54. The molecule has 2 N–H and O–H groups in total. The largest absolute Gasteiger partial charge is 0.383 e. The van der Waals surface area contributed by atoms with Crippen molar-refractivity contribution in [1.29, 1.82) is 0 Å². The number of hydrogen-bond donors (Lipinski definition) is 1. The first-order valence-electron chi connectivity index (χ1n) is 5.29. The lowest BCUT2D eigenvalue weighted by Crippen LogP contribution is -2.11. The molecule has 1 aliphatic carbocycles. The minimum Gasteiger partial charge on any atom is -0.383 e. The SMILES string of the molecule is Nc1c(C2CCC2)nc2c(Cl)cc(Cl)cn12. The molecule has 0 saturated heterocycles. The Balaban J connectivity index is 2.25. The second-order valence-electron chi connectivity index (χ2n) is 4.21. The van der Waals surface area contributed by atoms with Gasteiger partial charge in [0.05, 0.1) is 15.7 Å². The third-order valence-corrected chi connectivity index (χ3v) is 3.68. The third kappa shape index (κ3) is 1.39. The van der Waals surface area contributed by atoms with Gasteiger partial charge in [0.2, 0.25) is 0 Å². The number of imidazole rings is 1. The summed E-state index contributed by atoms with van der Waals surface area (Å²) in [6.07, 6.45) is 5.35. The van der Waals surface area contributed by atoms with Gasteiger partial charge >= 0.3 is 0 Å². The van der Waals surface area contributed by atoms with Gasteiger partial charge < -0.3 is 5.73 Å². The van der Waals surface area contributed by atoms with Crippen molar-refractivity contribution in [3.05, 3.63) is 28.0 Å². The van der Waals surface area contributed by atoms with Crippen molar-refractivity contribution in [3.8, 4) is 0 Å². The van der Waals surface area contributed by atoms with Crippen LogP contribution >= 0.6 is 23.2 Å². The van der Waals surface area contributed by atoms with Crippen LogP contribution in [0.3, 0.4) is 0 Å². The maximum atomic E-state index is 6.09. The van der Waals surface area contributed by atoms with Crippen molar-refractivity contribution in [2.75, 3.05) is 5.73 Å². The van der Waals surface area contributed by atoms with Gasteiger partial charge in [0, 0.05) is 12.1 Å². The summed E-state index contributed by atoms with van der Waals surface area (Å²) in [4.78, 5) is 4.52. The van der Waals surface area contributed by atoms with E-state index in [1.807, 2.05) is 0 Å². The number of fused-ring (bicyclic) bond motifs is 1. The average Bonchev–Trinajstić information content (AvgIpc) is 2.44. The molecule has 5 heteroatoms. The highest BCUT2D eigenvalue weighted by atomic mass is 35.5. The van der Waals surface area contributed by atoms with Crippen LogP contribution in [-0.4, -0.2) is 9.38 Å². The smallest absolute Gasteiger partial charge is 0.157 e. The Kier molecular flexibility index (Phi) is 2.26. The molecule has 0 spiro atoms. The quantitative estimate of drug-likeness (QED) is 0.848. The molecular weight excluding hydrogens is 245 g/mol. The molecule has 1 fully saturated rings. The fraction of sp³-hybridized carbons (Fsp3) is 0.364. The monoisotopic (exact) mass is 255 g/mol. The molecule has 2 aromatic rings. The van der Waals surface area contributed by atoms with E-state index >= 15 is 0 Å². The standard InChI is InChI=1S/C11H11Cl2N3/c12-7-4-8(13)11-15-9(6-2-1-3-6)10(14)16(11)5-7/h4-6H,1-3,14H2.